The van der Waals surface area contributed by atoms with Crippen LogP contribution in [0.2, 0.25) is 0 Å². The SMILES string of the molecule is [CH2]CCCc1ncncn1. The van der Waals surface area contributed by atoms with Gasteiger partial charge in [0.1, 0.15) is 18.5 Å². The van der Waals surface area contributed by atoms with Crippen LogP contribution in [0.15, 0.2) is 12.7 Å². The molecule has 0 amide bonds. The van der Waals surface area contributed by atoms with Crippen molar-refractivity contribution in [3.8, 4) is 0 Å². The Kier molecular flexibility index (Phi) is 2.80. The normalized spacial score (nSPS) is 9.70. The molecule has 0 unspecified atom stereocenters. The molecule has 0 aliphatic heterocycles. The summed E-state index contributed by atoms with van der Waals surface area (Å²) in [6.45, 7) is 3.73. The van der Waals surface area contributed by atoms with E-state index in [1.54, 1.807) is 0 Å². The van der Waals surface area contributed by atoms with Crippen LogP contribution in [0, 0.1) is 6.92 Å². The van der Waals surface area contributed by atoms with E-state index in [-0.39, 0.29) is 0 Å². The van der Waals surface area contributed by atoms with Gasteiger partial charge in [0.05, 0.1) is 0 Å². The monoisotopic (exact) mass is 136 g/mol. The van der Waals surface area contributed by atoms with Gasteiger partial charge >= 0.3 is 0 Å². The van der Waals surface area contributed by atoms with Crippen LogP contribution >= 0.6 is 0 Å². The Morgan fingerprint density at radius 1 is 1.30 bits per heavy atom. The van der Waals surface area contributed by atoms with Gasteiger partial charge < -0.3 is 0 Å². The highest BCUT2D eigenvalue weighted by molar-refractivity contribution is 4.80. The summed E-state index contributed by atoms with van der Waals surface area (Å²) >= 11 is 0. The van der Waals surface area contributed by atoms with Crippen LogP contribution in [0.3, 0.4) is 0 Å². The molecule has 0 spiro atoms. The van der Waals surface area contributed by atoms with Gasteiger partial charge in [0.25, 0.3) is 0 Å². The topological polar surface area (TPSA) is 38.7 Å². The summed E-state index contributed by atoms with van der Waals surface area (Å²) in [4.78, 5) is 11.6. The molecule has 0 N–H and O–H groups in total. The van der Waals surface area contributed by atoms with Gasteiger partial charge in [-0.1, -0.05) is 13.3 Å². The van der Waals surface area contributed by atoms with Crippen molar-refractivity contribution >= 4 is 0 Å². The van der Waals surface area contributed by atoms with Crippen molar-refractivity contribution in [3.63, 3.8) is 0 Å². The first kappa shape index (κ1) is 7.12. The quantitative estimate of drug-likeness (QED) is 0.623. The Balaban J connectivity index is 2.43. The standard InChI is InChI=1S/C7H10N3/c1-2-3-4-7-9-5-8-6-10-7/h5-6H,1-4H2. The number of unbranched alkanes of at least 4 members (excludes halogenated alkanes) is 1. The molecule has 0 aliphatic rings. The summed E-state index contributed by atoms with van der Waals surface area (Å²) < 4.78 is 0. The number of nitrogens with zero attached hydrogens (tertiary/aromatic N) is 3. The first-order chi connectivity index (χ1) is 4.93. The fraction of sp³-hybridized carbons (Fsp3) is 0.429. The van der Waals surface area contributed by atoms with E-state index in [0.29, 0.717) is 0 Å². The summed E-state index contributed by atoms with van der Waals surface area (Å²) in [7, 11) is 0. The third-order valence-corrected chi connectivity index (χ3v) is 1.20. The lowest BCUT2D eigenvalue weighted by Crippen LogP contribution is -1.93. The van der Waals surface area contributed by atoms with Gasteiger partial charge in [-0.05, 0) is 6.42 Å². The van der Waals surface area contributed by atoms with Crippen LogP contribution in [-0.2, 0) is 6.42 Å². The van der Waals surface area contributed by atoms with Crippen LogP contribution in [0.5, 0.6) is 0 Å². The van der Waals surface area contributed by atoms with Crippen molar-refractivity contribution in [1.29, 1.82) is 0 Å². The molecule has 3 nitrogen and oxygen atoms in total. The second-order valence-corrected chi connectivity index (χ2v) is 2.01. The van der Waals surface area contributed by atoms with Gasteiger partial charge in [-0.15, -0.1) is 0 Å². The third kappa shape index (κ3) is 2.09. The Morgan fingerprint density at radius 2 is 2.00 bits per heavy atom. The van der Waals surface area contributed by atoms with E-state index in [2.05, 4.69) is 21.9 Å². The largest absolute Gasteiger partial charge is 0.225 e. The van der Waals surface area contributed by atoms with Crippen molar-refractivity contribution in [2.45, 2.75) is 19.3 Å². The van der Waals surface area contributed by atoms with Gasteiger partial charge in [-0.2, -0.15) is 0 Å². The van der Waals surface area contributed by atoms with Crippen molar-refractivity contribution in [2.75, 3.05) is 0 Å². The molecular formula is C7H10N3. The van der Waals surface area contributed by atoms with Crippen molar-refractivity contribution in [1.82, 2.24) is 15.0 Å². The second kappa shape index (κ2) is 3.93. The molecule has 0 aliphatic carbocycles. The van der Waals surface area contributed by atoms with Gasteiger partial charge in [-0.25, -0.2) is 15.0 Å². The molecule has 1 aromatic rings. The Labute approximate surface area is 60.6 Å². The Hall–Kier alpha value is -0.990. The maximum atomic E-state index is 3.97. The molecule has 0 aromatic carbocycles. The lowest BCUT2D eigenvalue weighted by molar-refractivity contribution is 0.772. The van der Waals surface area contributed by atoms with Crippen LogP contribution in [0.4, 0.5) is 0 Å². The maximum Gasteiger partial charge on any atom is 0.131 e. The first-order valence-corrected chi connectivity index (χ1v) is 3.33. The average molecular weight is 136 g/mol. The van der Waals surface area contributed by atoms with E-state index in [1.807, 2.05) is 0 Å². The molecule has 1 aromatic heterocycles. The van der Waals surface area contributed by atoms with E-state index in [9.17, 15) is 0 Å². The number of aryl methyl sites for hydroxylation is 1. The zero-order valence-electron chi connectivity index (χ0n) is 5.82. The molecule has 1 rings (SSSR count). The third-order valence-electron chi connectivity index (χ3n) is 1.20. The molecule has 0 bridgehead atoms. The number of rotatable bonds is 3. The van der Waals surface area contributed by atoms with E-state index in [1.165, 1.54) is 12.7 Å². The summed E-state index contributed by atoms with van der Waals surface area (Å²) in [6.07, 6.45) is 5.93. The number of hydrogen-bond acceptors (Lipinski definition) is 3. The molecule has 3 heteroatoms. The molecule has 0 atom stereocenters. The number of aromatic nitrogens is 3. The highest BCUT2D eigenvalue weighted by atomic mass is 15.0. The maximum absolute atomic E-state index is 3.97. The lowest BCUT2D eigenvalue weighted by atomic mass is 10.2. The highest BCUT2D eigenvalue weighted by Crippen LogP contribution is 1.94. The van der Waals surface area contributed by atoms with Crippen molar-refractivity contribution in [2.24, 2.45) is 0 Å². The van der Waals surface area contributed by atoms with Crippen LogP contribution in [0.25, 0.3) is 0 Å². The smallest absolute Gasteiger partial charge is 0.131 e. The lowest BCUT2D eigenvalue weighted by Gasteiger charge is -1.93. The minimum atomic E-state index is 0.860. The van der Waals surface area contributed by atoms with Gasteiger partial charge in [0.15, 0.2) is 0 Å². The highest BCUT2D eigenvalue weighted by Gasteiger charge is 1.91. The zero-order valence-corrected chi connectivity index (χ0v) is 5.82. The van der Waals surface area contributed by atoms with Crippen molar-refractivity contribution < 1.29 is 0 Å². The zero-order chi connectivity index (χ0) is 7.23. The van der Waals surface area contributed by atoms with Crippen molar-refractivity contribution in [3.05, 3.63) is 25.4 Å². The van der Waals surface area contributed by atoms with Crippen LogP contribution in [0.1, 0.15) is 18.7 Å². The van der Waals surface area contributed by atoms with E-state index >= 15 is 0 Å². The summed E-state index contributed by atoms with van der Waals surface area (Å²) in [5.74, 6) is 0.860. The fourth-order valence-electron chi connectivity index (χ4n) is 0.675. The summed E-state index contributed by atoms with van der Waals surface area (Å²) in [6, 6.07) is 0. The van der Waals surface area contributed by atoms with E-state index in [0.717, 1.165) is 25.1 Å². The molecule has 10 heavy (non-hydrogen) atoms. The van der Waals surface area contributed by atoms with Gasteiger partial charge in [0.2, 0.25) is 0 Å². The summed E-state index contributed by atoms with van der Waals surface area (Å²) in [5, 5.41) is 0. The van der Waals surface area contributed by atoms with E-state index < -0.39 is 0 Å². The predicted molar refractivity (Wildman–Crippen MR) is 38.1 cm³/mol. The minimum Gasteiger partial charge on any atom is -0.225 e. The molecule has 0 saturated heterocycles. The molecule has 1 heterocycles. The number of hydrogen-bond donors (Lipinski definition) is 0. The summed E-state index contributed by atoms with van der Waals surface area (Å²) in [5.41, 5.74) is 0. The molecule has 0 saturated carbocycles. The second-order valence-electron chi connectivity index (χ2n) is 2.01. The molecular weight excluding hydrogens is 126 g/mol. The molecule has 1 radical (unpaired) electrons. The van der Waals surface area contributed by atoms with Crippen LogP contribution in [-0.4, -0.2) is 15.0 Å². The fourth-order valence-corrected chi connectivity index (χ4v) is 0.675. The molecule has 53 valence electrons. The Bertz CT molecular complexity index is 173. The predicted octanol–water partition coefficient (Wildman–Crippen LogP) is 1.03. The van der Waals surface area contributed by atoms with Crippen LogP contribution < -0.4 is 0 Å². The van der Waals surface area contributed by atoms with E-state index in [4.69, 9.17) is 0 Å². The van der Waals surface area contributed by atoms with Gasteiger partial charge in [0, 0.05) is 6.42 Å². The minimum absolute atomic E-state index is 0.860. The Morgan fingerprint density at radius 3 is 2.60 bits per heavy atom. The average Bonchev–Trinajstić information content (AvgIpc) is 2.03. The first-order valence-electron chi connectivity index (χ1n) is 3.33. The van der Waals surface area contributed by atoms with Gasteiger partial charge in [-0.3, -0.25) is 0 Å². The molecule has 0 fully saturated rings.